The topological polar surface area (TPSA) is 55.2 Å². The molecule has 4 nitrogen and oxygen atoms in total. The lowest BCUT2D eigenvalue weighted by Crippen LogP contribution is -2.40. The number of nitrogens with one attached hydrogen (secondary N) is 1. The minimum absolute atomic E-state index is 0.00227. The van der Waals surface area contributed by atoms with Crippen molar-refractivity contribution < 1.29 is 4.92 Å². The monoisotopic (exact) mass is 308 g/mol. The third-order valence-corrected chi connectivity index (χ3v) is 5.95. The number of nitro benzene ring substituents is 1. The third kappa shape index (κ3) is 3.98. The highest BCUT2D eigenvalue weighted by molar-refractivity contribution is 8.00. The summed E-state index contributed by atoms with van der Waals surface area (Å²) in [6, 6.07) is 7.02. The minimum Gasteiger partial charge on any atom is -0.309 e. The van der Waals surface area contributed by atoms with E-state index in [4.69, 9.17) is 0 Å². The fourth-order valence-electron chi connectivity index (χ4n) is 3.12. The molecule has 1 aromatic rings. The van der Waals surface area contributed by atoms with E-state index in [0.717, 1.165) is 12.1 Å². The molecule has 1 fully saturated rings. The maximum absolute atomic E-state index is 11.1. The Balaban J connectivity index is 2.04. The second kappa shape index (κ2) is 7.27. The van der Waals surface area contributed by atoms with Gasteiger partial charge in [0.1, 0.15) is 0 Å². The number of nitro groups is 1. The van der Waals surface area contributed by atoms with Gasteiger partial charge in [-0.2, -0.15) is 11.8 Å². The van der Waals surface area contributed by atoms with E-state index in [1.54, 1.807) is 12.1 Å². The van der Waals surface area contributed by atoms with E-state index in [9.17, 15) is 10.1 Å². The van der Waals surface area contributed by atoms with E-state index in [0.29, 0.717) is 4.75 Å². The van der Waals surface area contributed by atoms with Crippen LogP contribution in [-0.4, -0.2) is 22.5 Å². The largest absolute Gasteiger partial charge is 0.309 e. The van der Waals surface area contributed by atoms with Gasteiger partial charge in [-0.3, -0.25) is 10.1 Å². The van der Waals surface area contributed by atoms with Crippen LogP contribution in [0.1, 0.15) is 50.6 Å². The molecule has 1 atom stereocenters. The van der Waals surface area contributed by atoms with Crippen LogP contribution in [0.4, 0.5) is 5.69 Å². The van der Waals surface area contributed by atoms with E-state index in [2.05, 4.69) is 11.6 Å². The molecule has 1 aromatic carbocycles. The predicted octanol–water partition coefficient (Wildman–Crippen LogP) is 4.31. The van der Waals surface area contributed by atoms with Gasteiger partial charge in [-0.25, -0.2) is 0 Å². The van der Waals surface area contributed by atoms with Gasteiger partial charge in [-0.15, -0.1) is 0 Å². The fraction of sp³-hybridized carbons (Fsp3) is 0.625. The molecule has 5 heteroatoms. The highest BCUT2D eigenvalue weighted by atomic mass is 32.2. The Morgan fingerprint density at radius 1 is 1.33 bits per heavy atom. The Hall–Kier alpha value is -1.07. The molecule has 0 spiro atoms. The second-order valence-electron chi connectivity index (χ2n) is 5.87. The third-order valence-electron chi connectivity index (χ3n) is 4.53. The average molecular weight is 308 g/mol. The summed E-state index contributed by atoms with van der Waals surface area (Å²) in [6.45, 7) is 2.93. The first-order chi connectivity index (χ1) is 10.1. The summed E-state index contributed by atoms with van der Waals surface area (Å²) in [5.74, 6) is 0. The van der Waals surface area contributed by atoms with Crippen LogP contribution in [0.5, 0.6) is 0 Å². The van der Waals surface area contributed by atoms with Crippen molar-refractivity contribution in [2.45, 2.75) is 49.8 Å². The van der Waals surface area contributed by atoms with Crippen molar-refractivity contribution in [1.82, 2.24) is 5.32 Å². The van der Waals surface area contributed by atoms with Gasteiger partial charge >= 0.3 is 0 Å². The maximum atomic E-state index is 11.1. The molecule has 116 valence electrons. The Morgan fingerprint density at radius 3 is 2.62 bits per heavy atom. The first kappa shape index (κ1) is 16.3. The summed E-state index contributed by atoms with van der Waals surface area (Å²) < 4.78 is 0.302. The lowest BCUT2D eigenvalue weighted by atomic mass is 9.88. The van der Waals surface area contributed by atoms with Gasteiger partial charge in [-0.1, -0.05) is 37.5 Å². The lowest BCUT2D eigenvalue weighted by molar-refractivity contribution is -0.385. The summed E-state index contributed by atoms with van der Waals surface area (Å²) in [6.07, 6.45) is 8.59. The van der Waals surface area contributed by atoms with Crippen LogP contribution < -0.4 is 5.32 Å². The number of thioether (sulfide) groups is 1. The van der Waals surface area contributed by atoms with Gasteiger partial charge in [0.2, 0.25) is 0 Å². The lowest BCUT2D eigenvalue weighted by Gasteiger charge is -2.37. The Bertz CT molecular complexity index is 487. The Kier molecular flexibility index (Phi) is 5.65. The van der Waals surface area contributed by atoms with Crippen LogP contribution >= 0.6 is 11.8 Å². The molecule has 1 saturated carbocycles. The molecule has 0 radical (unpaired) electrons. The van der Waals surface area contributed by atoms with Crippen LogP contribution in [0.2, 0.25) is 0 Å². The molecule has 0 aromatic heterocycles. The molecular formula is C16H24N2O2S. The smallest absolute Gasteiger partial charge is 0.274 e. The first-order valence-electron chi connectivity index (χ1n) is 7.60. The second-order valence-corrected chi connectivity index (χ2v) is 7.14. The van der Waals surface area contributed by atoms with Gasteiger partial charge < -0.3 is 5.32 Å². The van der Waals surface area contributed by atoms with Crippen LogP contribution in [0.3, 0.4) is 0 Å². The molecule has 1 aliphatic carbocycles. The normalized spacial score (nSPS) is 19.1. The minimum atomic E-state index is -0.293. The van der Waals surface area contributed by atoms with Crippen molar-refractivity contribution >= 4 is 17.4 Å². The Morgan fingerprint density at radius 2 is 2.00 bits per heavy atom. The average Bonchev–Trinajstić information content (AvgIpc) is 2.53. The maximum Gasteiger partial charge on any atom is 0.274 e. The summed E-state index contributed by atoms with van der Waals surface area (Å²) in [5.41, 5.74) is 0.980. The van der Waals surface area contributed by atoms with E-state index in [-0.39, 0.29) is 16.7 Å². The molecule has 21 heavy (non-hydrogen) atoms. The van der Waals surface area contributed by atoms with E-state index >= 15 is 0 Å². The molecule has 0 heterocycles. The van der Waals surface area contributed by atoms with Crippen molar-refractivity contribution in [3.05, 3.63) is 39.9 Å². The highest BCUT2D eigenvalue weighted by Crippen LogP contribution is 2.38. The van der Waals surface area contributed by atoms with Crippen LogP contribution in [0.25, 0.3) is 0 Å². The zero-order chi connectivity index (χ0) is 15.3. The van der Waals surface area contributed by atoms with Crippen molar-refractivity contribution in [3.63, 3.8) is 0 Å². The van der Waals surface area contributed by atoms with Crippen molar-refractivity contribution in [3.8, 4) is 0 Å². The molecule has 2 rings (SSSR count). The van der Waals surface area contributed by atoms with Gasteiger partial charge in [0.15, 0.2) is 0 Å². The van der Waals surface area contributed by atoms with Gasteiger partial charge in [0.05, 0.1) is 4.92 Å². The molecule has 1 unspecified atom stereocenters. The number of para-hydroxylation sites is 1. The number of hydrogen-bond donors (Lipinski definition) is 1. The van der Waals surface area contributed by atoms with Crippen molar-refractivity contribution in [2.75, 3.05) is 12.8 Å². The highest BCUT2D eigenvalue weighted by Gasteiger charge is 2.31. The predicted molar refractivity (Wildman–Crippen MR) is 88.8 cm³/mol. The number of hydrogen-bond acceptors (Lipinski definition) is 4. The zero-order valence-corrected chi connectivity index (χ0v) is 13.6. The molecule has 0 amide bonds. The summed E-state index contributed by atoms with van der Waals surface area (Å²) in [7, 11) is 0. The quantitative estimate of drug-likeness (QED) is 0.628. The molecule has 1 aliphatic rings. The van der Waals surface area contributed by atoms with E-state index in [1.807, 2.05) is 30.8 Å². The number of rotatable bonds is 6. The molecule has 0 aliphatic heterocycles. The summed E-state index contributed by atoms with van der Waals surface area (Å²) in [5, 5.41) is 14.7. The van der Waals surface area contributed by atoms with Gasteiger partial charge in [0.25, 0.3) is 5.69 Å². The SMILES string of the molecule is CSC1(CNC(C)c2ccccc2[N+](=O)[O-])CCCCC1. The number of nitrogens with zero attached hydrogens (tertiary/aromatic N) is 1. The van der Waals surface area contributed by atoms with Crippen LogP contribution in [0.15, 0.2) is 24.3 Å². The van der Waals surface area contributed by atoms with Gasteiger partial charge in [-0.05, 0) is 26.0 Å². The van der Waals surface area contributed by atoms with Gasteiger partial charge in [0, 0.05) is 29.0 Å². The van der Waals surface area contributed by atoms with Crippen LogP contribution in [0, 0.1) is 10.1 Å². The number of benzene rings is 1. The summed E-state index contributed by atoms with van der Waals surface area (Å²) >= 11 is 1.94. The van der Waals surface area contributed by atoms with Crippen LogP contribution in [-0.2, 0) is 0 Å². The van der Waals surface area contributed by atoms with E-state index in [1.165, 1.54) is 32.1 Å². The van der Waals surface area contributed by atoms with Crippen molar-refractivity contribution in [1.29, 1.82) is 0 Å². The standard InChI is InChI=1S/C16H24N2O2S/c1-13(14-8-4-5-9-15(14)18(19)20)17-12-16(21-2)10-6-3-7-11-16/h4-5,8-9,13,17H,3,6-7,10-12H2,1-2H3. The van der Waals surface area contributed by atoms with E-state index < -0.39 is 0 Å². The summed E-state index contributed by atoms with van der Waals surface area (Å²) in [4.78, 5) is 10.8. The zero-order valence-electron chi connectivity index (χ0n) is 12.8. The molecule has 0 saturated heterocycles. The van der Waals surface area contributed by atoms with Crippen molar-refractivity contribution in [2.24, 2.45) is 0 Å². The first-order valence-corrected chi connectivity index (χ1v) is 8.82. The molecule has 1 N–H and O–H groups in total. The fourth-order valence-corrected chi connectivity index (χ4v) is 4.04. The Labute approximate surface area is 130 Å². The molecule has 0 bridgehead atoms. The molecular weight excluding hydrogens is 284 g/mol.